The fourth-order valence-electron chi connectivity index (χ4n) is 2.66. The van der Waals surface area contributed by atoms with Crippen LogP contribution in [0.25, 0.3) is 0 Å². The first-order valence-corrected chi connectivity index (χ1v) is 8.77. The molecule has 0 aromatic heterocycles. The summed E-state index contributed by atoms with van der Waals surface area (Å²) in [7, 11) is -3.87. The Morgan fingerprint density at radius 1 is 1.43 bits per heavy atom. The van der Waals surface area contributed by atoms with Gasteiger partial charge < -0.3 is 10.2 Å². The van der Waals surface area contributed by atoms with Crippen LogP contribution in [-0.2, 0) is 10.0 Å². The summed E-state index contributed by atoms with van der Waals surface area (Å²) < 4.78 is 36.7. The Labute approximate surface area is 125 Å². The van der Waals surface area contributed by atoms with Crippen LogP contribution in [0.15, 0.2) is 23.1 Å². The van der Waals surface area contributed by atoms with Gasteiger partial charge in [-0.2, -0.15) is 0 Å². The van der Waals surface area contributed by atoms with E-state index in [2.05, 4.69) is 5.32 Å². The lowest BCUT2D eigenvalue weighted by atomic mass is 10.0. The van der Waals surface area contributed by atoms with E-state index in [1.807, 2.05) is 11.8 Å². The number of hydrogen-bond acceptors (Lipinski definition) is 4. The molecule has 3 N–H and O–H groups in total. The summed E-state index contributed by atoms with van der Waals surface area (Å²) in [5.41, 5.74) is 0.414. The molecule has 1 heterocycles. The normalized spacial score (nSPS) is 19.5. The zero-order chi connectivity index (χ0) is 15.5. The van der Waals surface area contributed by atoms with Gasteiger partial charge in [-0.05, 0) is 44.5 Å². The van der Waals surface area contributed by atoms with Gasteiger partial charge in [0.25, 0.3) is 0 Å². The number of nitrogens with one attached hydrogen (secondary N) is 1. The molecule has 21 heavy (non-hydrogen) atoms. The highest BCUT2D eigenvalue weighted by Crippen LogP contribution is 2.23. The Kier molecular flexibility index (Phi) is 5.18. The summed E-state index contributed by atoms with van der Waals surface area (Å²) in [6.07, 6.45) is 3.44. The van der Waals surface area contributed by atoms with Crippen LogP contribution < -0.4 is 15.4 Å². The third-order valence-electron chi connectivity index (χ3n) is 3.82. The predicted molar refractivity (Wildman–Crippen MR) is 81.3 cm³/mol. The molecule has 0 radical (unpaired) electrons. The van der Waals surface area contributed by atoms with Crippen molar-refractivity contribution < 1.29 is 12.8 Å². The van der Waals surface area contributed by atoms with E-state index in [1.165, 1.54) is 25.0 Å². The van der Waals surface area contributed by atoms with Crippen LogP contribution in [0.5, 0.6) is 0 Å². The Morgan fingerprint density at radius 2 is 2.19 bits per heavy atom. The van der Waals surface area contributed by atoms with Crippen LogP contribution in [-0.4, -0.2) is 34.1 Å². The number of primary sulfonamides is 1. The molecule has 1 aliphatic heterocycles. The van der Waals surface area contributed by atoms with Crippen molar-refractivity contribution in [2.24, 2.45) is 5.14 Å². The van der Waals surface area contributed by atoms with Crippen molar-refractivity contribution in [1.29, 1.82) is 0 Å². The Hall–Kier alpha value is -1.18. The van der Waals surface area contributed by atoms with E-state index in [1.54, 1.807) is 0 Å². The molecular formula is C14H22FN3O2S. The largest absolute Gasteiger partial charge is 0.368 e. The number of piperidine rings is 1. The van der Waals surface area contributed by atoms with E-state index < -0.39 is 15.8 Å². The minimum atomic E-state index is -3.87. The Balaban J connectivity index is 2.17. The maximum absolute atomic E-state index is 14.2. The molecule has 5 nitrogen and oxygen atoms in total. The molecule has 0 spiro atoms. The van der Waals surface area contributed by atoms with Gasteiger partial charge in [-0.3, -0.25) is 0 Å². The molecule has 1 aliphatic rings. The highest BCUT2D eigenvalue weighted by atomic mass is 32.2. The SMILES string of the molecule is CCN(CC1CCCCN1)c1ccc(S(N)(=O)=O)cc1F. The molecule has 1 aromatic carbocycles. The number of nitrogens with zero attached hydrogens (tertiary/aromatic N) is 1. The number of likely N-dealkylation sites (N-methyl/N-ethyl adjacent to an activating group) is 1. The molecule has 2 rings (SSSR count). The van der Waals surface area contributed by atoms with Gasteiger partial charge in [0.15, 0.2) is 0 Å². The van der Waals surface area contributed by atoms with Crippen LogP contribution >= 0.6 is 0 Å². The predicted octanol–water partition coefficient (Wildman–Crippen LogP) is 1.44. The minimum absolute atomic E-state index is 0.199. The van der Waals surface area contributed by atoms with Gasteiger partial charge in [-0.1, -0.05) is 6.42 Å². The average Bonchev–Trinajstić information content (AvgIpc) is 2.45. The maximum Gasteiger partial charge on any atom is 0.238 e. The lowest BCUT2D eigenvalue weighted by molar-refractivity contribution is 0.399. The number of benzene rings is 1. The van der Waals surface area contributed by atoms with E-state index >= 15 is 0 Å². The number of halogens is 1. The molecule has 1 atom stereocenters. The zero-order valence-electron chi connectivity index (χ0n) is 12.2. The highest BCUT2D eigenvalue weighted by molar-refractivity contribution is 7.89. The summed E-state index contributed by atoms with van der Waals surface area (Å²) >= 11 is 0. The first-order chi connectivity index (χ1) is 9.91. The monoisotopic (exact) mass is 315 g/mol. The molecule has 1 unspecified atom stereocenters. The molecule has 1 saturated heterocycles. The topological polar surface area (TPSA) is 75.4 Å². The third-order valence-corrected chi connectivity index (χ3v) is 4.73. The highest BCUT2D eigenvalue weighted by Gasteiger charge is 2.19. The molecule has 0 aliphatic carbocycles. The fourth-order valence-corrected chi connectivity index (χ4v) is 3.19. The van der Waals surface area contributed by atoms with Crippen LogP contribution in [0.2, 0.25) is 0 Å². The quantitative estimate of drug-likeness (QED) is 0.862. The second kappa shape index (κ2) is 6.72. The summed E-state index contributed by atoms with van der Waals surface area (Å²) in [6, 6.07) is 4.17. The summed E-state index contributed by atoms with van der Waals surface area (Å²) in [5, 5.41) is 8.44. The maximum atomic E-state index is 14.2. The van der Waals surface area contributed by atoms with E-state index in [4.69, 9.17) is 5.14 Å². The first-order valence-electron chi connectivity index (χ1n) is 7.22. The molecule has 1 aromatic rings. The Bertz CT molecular complexity index is 586. The van der Waals surface area contributed by atoms with Crippen molar-refractivity contribution in [2.45, 2.75) is 37.1 Å². The third kappa shape index (κ3) is 4.15. The number of hydrogen-bond donors (Lipinski definition) is 2. The van der Waals surface area contributed by atoms with Gasteiger partial charge in [0.2, 0.25) is 10.0 Å². The lowest BCUT2D eigenvalue weighted by Crippen LogP contribution is -2.44. The van der Waals surface area contributed by atoms with Gasteiger partial charge in [-0.25, -0.2) is 17.9 Å². The van der Waals surface area contributed by atoms with Crippen molar-refractivity contribution in [1.82, 2.24) is 5.32 Å². The van der Waals surface area contributed by atoms with Gasteiger partial charge in [0, 0.05) is 19.1 Å². The first kappa shape index (κ1) is 16.2. The van der Waals surface area contributed by atoms with E-state index in [-0.39, 0.29) is 4.90 Å². The van der Waals surface area contributed by atoms with Gasteiger partial charge in [-0.15, -0.1) is 0 Å². The standard InChI is InChI=1S/C14H22FN3O2S/c1-2-18(10-11-5-3-4-8-17-11)14-7-6-12(9-13(14)15)21(16,19)20/h6-7,9,11,17H,2-5,8,10H2,1H3,(H2,16,19,20). The van der Waals surface area contributed by atoms with Crippen molar-refractivity contribution in [2.75, 3.05) is 24.5 Å². The van der Waals surface area contributed by atoms with Crippen molar-refractivity contribution >= 4 is 15.7 Å². The van der Waals surface area contributed by atoms with Crippen LogP contribution in [0.3, 0.4) is 0 Å². The van der Waals surface area contributed by atoms with Gasteiger partial charge in [0.05, 0.1) is 10.6 Å². The second-order valence-electron chi connectivity index (χ2n) is 5.34. The minimum Gasteiger partial charge on any atom is -0.368 e. The molecular weight excluding hydrogens is 293 g/mol. The molecule has 7 heteroatoms. The van der Waals surface area contributed by atoms with E-state index in [9.17, 15) is 12.8 Å². The van der Waals surface area contributed by atoms with Crippen molar-refractivity contribution in [3.63, 3.8) is 0 Å². The molecule has 0 saturated carbocycles. The summed E-state index contributed by atoms with van der Waals surface area (Å²) in [4.78, 5) is 1.72. The Morgan fingerprint density at radius 3 is 2.71 bits per heavy atom. The van der Waals surface area contributed by atoms with Gasteiger partial charge >= 0.3 is 0 Å². The number of rotatable bonds is 5. The molecule has 118 valence electrons. The summed E-state index contributed by atoms with van der Waals surface area (Å²) in [6.45, 7) is 4.32. The molecule has 0 bridgehead atoms. The van der Waals surface area contributed by atoms with Gasteiger partial charge in [0.1, 0.15) is 5.82 Å². The zero-order valence-corrected chi connectivity index (χ0v) is 13.0. The van der Waals surface area contributed by atoms with Crippen LogP contribution in [0, 0.1) is 5.82 Å². The fraction of sp³-hybridized carbons (Fsp3) is 0.571. The van der Waals surface area contributed by atoms with Crippen molar-refractivity contribution in [3.05, 3.63) is 24.0 Å². The summed E-state index contributed by atoms with van der Waals surface area (Å²) in [5.74, 6) is -0.556. The second-order valence-corrected chi connectivity index (χ2v) is 6.91. The number of sulfonamides is 1. The smallest absolute Gasteiger partial charge is 0.238 e. The van der Waals surface area contributed by atoms with E-state index in [0.717, 1.165) is 19.0 Å². The van der Waals surface area contributed by atoms with Crippen LogP contribution in [0.1, 0.15) is 26.2 Å². The number of anilines is 1. The molecule has 0 amide bonds. The number of nitrogens with two attached hydrogens (primary N) is 1. The van der Waals surface area contributed by atoms with Crippen molar-refractivity contribution in [3.8, 4) is 0 Å². The molecule has 1 fully saturated rings. The van der Waals surface area contributed by atoms with Crippen LogP contribution in [0.4, 0.5) is 10.1 Å². The van der Waals surface area contributed by atoms with E-state index in [0.29, 0.717) is 24.8 Å². The lowest BCUT2D eigenvalue weighted by Gasteiger charge is -2.31. The average molecular weight is 315 g/mol.